The Morgan fingerprint density at radius 2 is 1.39 bits per heavy atom. The van der Waals surface area contributed by atoms with Crippen molar-refractivity contribution in [1.29, 1.82) is 0 Å². The monoisotopic (exact) mass is 483 g/mol. The minimum Gasteiger partial charge on any atom is -0.480 e. The molecule has 6 nitrogen and oxygen atoms in total. The van der Waals surface area contributed by atoms with Gasteiger partial charge in [-0.15, -0.1) is 0 Å². The Kier molecular flexibility index (Phi) is 19.6. The van der Waals surface area contributed by atoms with E-state index in [1.54, 1.807) is 0 Å². The van der Waals surface area contributed by atoms with Crippen LogP contribution < -0.4 is 5.32 Å². The van der Waals surface area contributed by atoms with Crippen molar-refractivity contribution in [3.8, 4) is 0 Å². The maximum absolute atomic E-state index is 10.9. The van der Waals surface area contributed by atoms with Crippen LogP contribution in [0.5, 0.6) is 0 Å². The van der Waals surface area contributed by atoms with Crippen molar-refractivity contribution in [2.24, 2.45) is 0 Å². The van der Waals surface area contributed by atoms with Crippen LogP contribution in [0.3, 0.4) is 0 Å². The van der Waals surface area contributed by atoms with E-state index in [0.29, 0.717) is 6.42 Å². The van der Waals surface area contributed by atoms with Crippen LogP contribution in [0.4, 0.5) is 5.69 Å². The first-order chi connectivity index (χ1) is 15.8. The summed E-state index contributed by atoms with van der Waals surface area (Å²) in [6.07, 6.45) is 17.7. The van der Waals surface area contributed by atoms with Crippen molar-refractivity contribution in [1.82, 2.24) is 0 Å². The predicted molar refractivity (Wildman–Crippen MR) is 138 cm³/mol. The summed E-state index contributed by atoms with van der Waals surface area (Å²) in [5, 5.41) is 10.3. The van der Waals surface area contributed by atoms with Crippen molar-refractivity contribution in [2.45, 2.75) is 103 Å². The number of benzene rings is 1. The molecule has 0 bridgehead atoms. The van der Waals surface area contributed by atoms with Gasteiger partial charge >= 0.3 is 5.97 Å². The van der Waals surface area contributed by atoms with Gasteiger partial charge in [0.2, 0.25) is 0 Å². The Hall–Kier alpha value is -1.86. The van der Waals surface area contributed by atoms with E-state index in [4.69, 9.17) is 9.66 Å². The fourth-order valence-electron chi connectivity index (χ4n) is 3.38. The normalized spacial score (nSPS) is 12.2. The van der Waals surface area contributed by atoms with Crippen LogP contribution in [-0.4, -0.2) is 35.8 Å². The highest BCUT2D eigenvalue weighted by Crippen LogP contribution is 2.13. The van der Waals surface area contributed by atoms with E-state index in [2.05, 4.69) is 43.4 Å². The standard InChI is InChI=1S/C18H34O5S.C8H11N/c1-2-3-4-5-6-7-8-9-10-11-12-13-14-15-16-17(18(19)20)24(21,22)23;1-2-9-8-6-4-3-5-7-8/h9-10,17H,2-8,11-16H2,1H3,(H,19,20)(H,21,22,23);3-7,9H,2H2,1H3. The number of rotatable bonds is 18. The van der Waals surface area contributed by atoms with Gasteiger partial charge in [0.25, 0.3) is 10.1 Å². The lowest BCUT2D eigenvalue weighted by molar-refractivity contribution is -0.136. The lowest BCUT2D eigenvalue weighted by atomic mass is 10.1. The number of hydrogen-bond acceptors (Lipinski definition) is 4. The maximum Gasteiger partial charge on any atom is 0.324 e. The van der Waals surface area contributed by atoms with Crippen LogP contribution in [-0.2, 0) is 14.9 Å². The second-order valence-corrected chi connectivity index (χ2v) is 9.86. The Balaban J connectivity index is 0.000000938. The Bertz CT molecular complexity index is 719. The van der Waals surface area contributed by atoms with Gasteiger partial charge in [0.05, 0.1) is 0 Å². The lowest BCUT2D eigenvalue weighted by Gasteiger charge is -2.08. The summed E-state index contributed by atoms with van der Waals surface area (Å²) >= 11 is 0. The number of carbonyl (C=O) groups is 1. The number of anilines is 1. The van der Waals surface area contributed by atoms with Crippen molar-refractivity contribution in [3.63, 3.8) is 0 Å². The second kappa shape index (κ2) is 20.7. The molecule has 0 aliphatic carbocycles. The van der Waals surface area contributed by atoms with Crippen LogP contribution in [0.2, 0.25) is 0 Å². The minimum atomic E-state index is -4.49. The number of nitrogens with one attached hydrogen (secondary N) is 1. The SMILES string of the molecule is CCCCCCCCC=CCCCCCCC(C(=O)O)S(=O)(=O)O.CCNc1ccccc1. The molecule has 1 unspecified atom stereocenters. The fourth-order valence-corrected chi connectivity index (χ4v) is 4.10. The van der Waals surface area contributed by atoms with Crippen molar-refractivity contribution >= 4 is 21.8 Å². The molecule has 33 heavy (non-hydrogen) atoms. The number of para-hydroxylation sites is 1. The first kappa shape index (κ1) is 31.1. The van der Waals surface area contributed by atoms with Crippen LogP contribution in [0.25, 0.3) is 0 Å². The van der Waals surface area contributed by atoms with Crippen LogP contribution in [0.15, 0.2) is 42.5 Å². The van der Waals surface area contributed by atoms with E-state index in [1.807, 2.05) is 18.2 Å². The molecular formula is C26H45NO5S. The number of carboxylic acid groups (broad SMARTS) is 1. The molecule has 0 saturated carbocycles. The number of unbranched alkanes of at least 4 members (excludes halogenated alkanes) is 10. The van der Waals surface area contributed by atoms with E-state index < -0.39 is 21.3 Å². The summed E-state index contributed by atoms with van der Waals surface area (Å²) in [6, 6.07) is 10.2. The summed E-state index contributed by atoms with van der Waals surface area (Å²) < 4.78 is 30.6. The summed E-state index contributed by atoms with van der Waals surface area (Å²) in [6.45, 7) is 5.30. The van der Waals surface area contributed by atoms with E-state index in [0.717, 1.165) is 38.6 Å². The van der Waals surface area contributed by atoms with Gasteiger partial charge in [0.1, 0.15) is 0 Å². The molecule has 0 fully saturated rings. The summed E-state index contributed by atoms with van der Waals surface area (Å²) in [5.41, 5.74) is 1.19. The van der Waals surface area contributed by atoms with E-state index >= 15 is 0 Å². The molecular weight excluding hydrogens is 438 g/mol. The first-order valence-corrected chi connectivity index (χ1v) is 14.0. The number of hydrogen-bond donors (Lipinski definition) is 3. The summed E-state index contributed by atoms with van der Waals surface area (Å²) in [5.74, 6) is -1.48. The largest absolute Gasteiger partial charge is 0.480 e. The Morgan fingerprint density at radius 3 is 1.88 bits per heavy atom. The van der Waals surface area contributed by atoms with Crippen LogP contribution in [0, 0.1) is 0 Å². The molecule has 7 heteroatoms. The third-order valence-electron chi connectivity index (χ3n) is 5.27. The van der Waals surface area contributed by atoms with E-state index in [1.165, 1.54) is 44.2 Å². The number of aliphatic carboxylic acids is 1. The molecule has 1 atom stereocenters. The fraction of sp³-hybridized carbons (Fsp3) is 0.654. The summed E-state index contributed by atoms with van der Waals surface area (Å²) in [7, 11) is -4.49. The first-order valence-electron chi connectivity index (χ1n) is 12.5. The molecule has 0 radical (unpaired) electrons. The van der Waals surface area contributed by atoms with Gasteiger partial charge in [-0.25, -0.2) is 0 Å². The van der Waals surface area contributed by atoms with Gasteiger partial charge < -0.3 is 10.4 Å². The molecule has 0 aliphatic rings. The smallest absolute Gasteiger partial charge is 0.324 e. The average molecular weight is 484 g/mol. The Morgan fingerprint density at radius 1 is 0.879 bits per heavy atom. The molecule has 0 aromatic heterocycles. The van der Waals surface area contributed by atoms with Gasteiger partial charge in [0, 0.05) is 12.2 Å². The minimum absolute atomic E-state index is 0.0258. The lowest BCUT2D eigenvalue weighted by Crippen LogP contribution is -2.29. The molecule has 190 valence electrons. The second-order valence-electron chi connectivity index (χ2n) is 8.26. The zero-order valence-electron chi connectivity index (χ0n) is 20.5. The molecule has 1 aromatic carbocycles. The highest BCUT2D eigenvalue weighted by atomic mass is 32.2. The number of allylic oxidation sites excluding steroid dienone is 2. The molecule has 0 heterocycles. The van der Waals surface area contributed by atoms with Gasteiger partial charge in [-0.05, 0) is 51.2 Å². The molecule has 0 amide bonds. The van der Waals surface area contributed by atoms with Crippen LogP contribution >= 0.6 is 0 Å². The third kappa shape index (κ3) is 19.3. The Labute approximate surface area is 201 Å². The molecule has 3 N–H and O–H groups in total. The molecule has 0 aliphatic heterocycles. The molecule has 0 spiro atoms. The molecule has 0 saturated heterocycles. The predicted octanol–water partition coefficient (Wildman–Crippen LogP) is 7.09. The molecule has 1 rings (SSSR count). The zero-order valence-corrected chi connectivity index (χ0v) is 21.4. The zero-order chi connectivity index (χ0) is 24.8. The van der Waals surface area contributed by atoms with E-state index in [9.17, 15) is 13.2 Å². The summed E-state index contributed by atoms with van der Waals surface area (Å²) in [4.78, 5) is 10.8. The highest BCUT2D eigenvalue weighted by molar-refractivity contribution is 7.87. The maximum atomic E-state index is 10.9. The van der Waals surface area contributed by atoms with Crippen molar-refractivity contribution in [2.75, 3.05) is 11.9 Å². The quantitative estimate of drug-likeness (QED) is 0.117. The van der Waals surface area contributed by atoms with E-state index in [-0.39, 0.29) is 6.42 Å². The average Bonchev–Trinajstić information content (AvgIpc) is 2.77. The van der Waals surface area contributed by atoms with Crippen molar-refractivity contribution < 1.29 is 22.9 Å². The highest BCUT2D eigenvalue weighted by Gasteiger charge is 2.29. The molecule has 1 aromatic rings. The van der Waals surface area contributed by atoms with Gasteiger partial charge in [-0.3, -0.25) is 9.35 Å². The third-order valence-corrected chi connectivity index (χ3v) is 6.42. The number of carboxylic acids is 1. The van der Waals surface area contributed by atoms with Gasteiger partial charge in [0.15, 0.2) is 5.25 Å². The topological polar surface area (TPSA) is 104 Å². The van der Waals surface area contributed by atoms with Crippen molar-refractivity contribution in [3.05, 3.63) is 42.5 Å². The van der Waals surface area contributed by atoms with Gasteiger partial charge in [-0.2, -0.15) is 8.42 Å². The van der Waals surface area contributed by atoms with Gasteiger partial charge in [-0.1, -0.05) is 88.6 Å². The van der Waals surface area contributed by atoms with Crippen LogP contribution in [0.1, 0.15) is 97.3 Å².